The van der Waals surface area contributed by atoms with Crippen molar-refractivity contribution >= 4 is 0 Å². The van der Waals surface area contributed by atoms with Gasteiger partial charge in [-0.05, 0) is 37.0 Å². The zero-order valence-electron chi connectivity index (χ0n) is 9.42. The Kier molecular flexibility index (Phi) is 2.81. The van der Waals surface area contributed by atoms with E-state index in [1.165, 1.54) is 16.7 Å². The van der Waals surface area contributed by atoms with Crippen molar-refractivity contribution < 1.29 is 9.84 Å². The lowest BCUT2D eigenvalue weighted by Crippen LogP contribution is -2.22. The van der Waals surface area contributed by atoms with Crippen molar-refractivity contribution in [3.05, 3.63) is 34.9 Å². The summed E-state index contributed by atoms with van der Waals surface area (Å²) < 4.78 is 5.39. The average molecular weight is 206 g/mol. The van der Waals surface area contributed by atoms with Crippen LogP contribution in [0.15, 0.2) is 18.2 Å². The Labute approximate surface area is 90.9 Å². The lowest BCUT2D eigenvalue weighted by molar-refractivity contribution is 0.0808. The molecule has 0 radical (unpaired) electrons. The van der Waals surface area contributed by atoms with Gasteiger partial charge in [0, 0.05) is 6.42 Å². The third-order valence-electron chi connectivity index (χ3n) is 2.68. The Morgan fingerprint density at radius 2 is 2.13 bits per heavy atom. The monoisotopic (exact) mass is 206 g/mol. The van der Waals surface area contributed by atoms with Gasteiger partial charge in [0.2, 0.25) is 0 Å². The van der Waals surface area contributed by atoms with Gasteiger partial charge in [0.05, 0.1) is 18.8 Å². The minimum Gasteiger partial charge on any atom is -0.390 e. The molecule has 1 aliphatic rings. The van der Waals surface area contributed by atoms with Gasteiger partial charge in [-0.15, -0.1) is 0 Å². The Hall–Kier alpha value is -0.860. The molecule has 0 atom stereocenters. The van der Waals surface area contributed by atoms with Crippen molar-refractivity contribution in [1.82, 2.24) is 0 Å². The normalized spacial score (nSPS) is 16.2. The molecule has 0 saturated carbocycles. The first-order valence-corrected chi connectivity index (χ1v) is 5.45. The van der Waals surface area contributed by atoms with E-state index in [0.29, 0.717) is 6.42 Å². The summed E-state index contributed by atoms with van der Waals surface area (Å²) in [5.74, 6) is 0. The second kappa shape index (κ2) is 3.95. The zero-order valence-corrected chi connectivity index (χ0v) is 9.42. The predicted molar refractivity (Wildman–Crippen MR) is 59.8 cm³/mol. The largest absolute Gasteiger partial charge is 0.390 e. The summed E-state index contributed by atoms with van der Waals surface area (Å²) in [6, 6.07) is 6.41. The highest BCUT2D eigenvalue weighted by Crippen LogP contribution is 2.20. The van der Waals surface area contributed by atoms with Crippen LogP contribution < -0.4 is 0 Å². The summed E-state index contributed by atoms with van der Waals surface area (Å²) in [7, 11) is 0. The number of ether oxygens (including phenoxy) is 1. The summed E-state index contributed by atoms with van der Waals surface area (Å²) in [6.45, 7) is 5.24. The van der Waals surface area contributed by atoms with Crippen LogP contribution in [0.25, 0.3) is 0 Å². The summed E-state index contributed by atoms with van der Waals surface area (Å²) in [4.78, 5) is 0. The van der Waals surface area contributed by atoms with Crippen LogP contribution in [0.1, 0.15) is 30.5 Å². The molecule has 0 aromatic heterocycles. The van der Waals surface area contributed by atoms with Crippen LogP contribution in [-0.4, -0.2) is 17.3 Å². The molecule has 0 fully saturated rings. The number of hydrogen-bond donors (Lipinski definition) is 1. The third-order valence-corrected chi connectivity index (χ3v) is 2.68. The summed E-state index contributed by atoms with van der Waals surface area (Å²) in [6.07, 6.45) is 1.70. The fraction of sp³-hybridized carbons (Fsp3) is 0.538. The molecule has 1 aromatic carbocycles. The molecule has 0 aliphatic carbocycles. The summed E-state index contributed by atoms with van der Waals surface area (Å²) >= 11 is 0. The molecule has 2 heteroatoms. The number of aliphatic hydroxyl groups is 1. The fourth-order valence-corrected chi connectivity index (χ4v) is 2.03. The second-order valence-electron chi connectivity index (χ2n) is 4.89. The number of rotatable bonds is 2. The minimum absolute atomic E-state index is 0.626. The van der Waals surface area contributed by atoms with Gasteiger partial charge in [-0.3, -0.25) is 0 Å². The van der Waals surface area contributed by atoms with Crippen LogP contribution in [0.3, 0.4) is 0 Å². The van der Waals surface area contributed by atoms with E-state index in [0.717, 1.165) is 19.6 Å². The lowest BCUT2D eigenvalue weighted by atomic mass is 9.94. The van der Waals surface area contributed by atoms with E-state index in [9.17, 15) is 5.11 Å². The maximum atomic E-state index is 9.75. The topological polar surface area (TPSA) is 29.5 Å². The van der Waals surface area contributed by atoms with Crippen LogP contribution in [-0.2, 0) is 24.2 Å². The maximum absolute atomic E-state index is 9.75. The Balaban J connectivity index is 2.21. The van der Waals surface area contributed by atoms with Gasteiger partial charge < -0.3 is 9.84 Å². The van der Waals surface area contributed by atoms with Gasteiger partial charge in [0.15, 0.2) is 0 Å². The fourth-order valence-electron chi connectivity index (χ4n) is 2.03. The van der Waals surface area contributed by atoms with E-state index in [1.54, 1.807) is 0 Å². The van der Waals surface area contributed by atoms with E-state index in [4.69, 9.17) is 4.74 Å². The third kappa shape index (κ3) is 2.80. The highest BCUT2D eigenvalue weighted by Gasteiger charge is 2.15. The zero-order chi connectivity index (χ0) is 10.9. The van der Waals surface area contributed by atoms with Crippen molar-refractivity contribution in [2.45, 2.75) is 38.9 Å². The summed E-state index contributed by atoms with van der Waals surface area (Å²) in [5, 5.41) is 9.75. The maximum Gasteiger partial charge on any atom is 0.0719 e. The van der Waals surface area contributed by atoms with Crippen molar-refractivity contribution in [3.63, 3.8) is 0 Å². The predicted octanol–water partition coefficient (Wildman–Crippen LogP) is 2.07. The van der Waals surface area contributed by atoms with Gasteiger partial charge in [-0.1, -0.05) is 18.2 Å². The molecule has 2 nitrogen and oxygen atoms in total. The standard InChI is InChI=1S/C13H18O2/c1-13(2,14)8-10-3-4-12-9-15-6-5-11(12)7-10/h3-4,7,14H,5-6,8-9H2,1-2H3. The first-order valence-electron chi connectivity index (χ1n) is 5.45. The van der Waals surface area contributed by atoms with E-state index in [2.05, 4.69) is 18.2 Å². The van der Waals surface area contributed by atoms with Gasteiger partial charge in [-0.2, -0.15) is 0 Å². The van der Waals surface area contributed by atoms with Gasteiger partial charge >= 0.3 is 0 Å². The molecule has 0 spiro atoms. The molecule has 1 aliphatic heterocycles. The average Bonchev–Trinajstić information content (AvgIpc) is 2.15. The first kappa shape index (κ1) is 10.7. The molecule has 0 unspecified atom stereocenters. The smallest absolute Gasteiger partial charge is 0.0719 e. The van der Waals surface area contributed by atoms with Crippen LogP contribution in [0, 0.1) is 0 Å². The Morgan fingerprint density at radius 1 is 1.33 bits per heavy atom. The molecule has 0 amide bonds. The van der Waals surface area contributed by atoms with Crippen molar-refractivity contribution in [2.24, 2.45) is 0 Å². The number of hydrogen-bond acceptors (Lipinski definition) is 2. The number of benzene rings is 1. The molecule has 2 rings (SSSR count). The van der Waals surface area contributed by atoms with E-state index in [-0.39, 0.29) is 0 Å². The van der Waals surface area contributed by atoms with Gasteiger partial charge in [0.25, 0.3) is 0 Å². The SMILES string of the molecule is CC(C)(O)Cc1ccc2c(c1)CCOC2. The van der Waals surface area contributed by atoms with Crippen molar-refractivity contribution in [1.29, 1.82) is 0 Å². The molecule has 1 aromatic rings. The minimum atomic E-state index is -0.626. The molecule has 0 bridgehead atoms. The quantitative estimate of drug-likeness (QED) is 0.802. The van der Waals surface area contributed by atoms with Crippen LogP contribution in [0.5, 0.6) is 0 Å². The van der Waals surface area contributed by atoms with E-state index in [1.807, 2.05) is 13.8 Å². The Morgan fingerprint density at radius 3 is 2.87 bits per heavy atom. The first-order chi connectivity index (χ1) is 7.04. The van der Waals surface area contributed by atoms with Crippen LogP contribution in [0.4, 0.5) is 0 Å². The molecule has 1 N–H and O–H groups in total. The molecular formula is C13H18O2. The van der Waals surface area contributed by atoms with Crippen molar-refractivity contribution in [2.75, 3.05) is 6.61 Å². The van der Waals surface area contributed by atoms with Gasteiger partial charge in [0.1, 0.15) is 0 Å². The lowest BCUT2D eigenvalue weighted by Gasteiger charge is -2.20. The van der Waals surface area contributed by atoms with Crippen LogP contribution >= 0.6 is 0 Å². The van der Waals surface area contributed by atoms with E-state index >= 15 is 0 Å². The highest BCUT2D eigenvalue weighted by atomic mass is 16.5. The molecule has 1 heterocycles. The van der Waals surface area contributed by atoms with Crippen molar-refractivity contribution in [3.8, 4) is 0 Å². The van der Waals surface area contributed by atoms with E-state index < -0.39 is 5.60 Å². The second-order valence-corrected chi connectivity index (χ2v) is 4.89. The molecular weight excluding hydrogens is 188 g/mol. The highest BCUT2D eigenvalue weighted by molar-refractivity contribution is 5.33. The Bertz CT molecular complexity index is 350. The molecule has 0 saturated heterocycles. The van der Waals surface area contributed by atoms with Gasteiger partial charge in [-0.25, -0.2) is 0 Å². The number of fused-ring (bicyclic) bond motifs is 1. The van der Waals surface area contributed by atoms with Crippen LogP contribution in [0.2, 0.25) is 0 Å². The summed E-state index contributed by atoms with van der Waals surface area (Å²) in [5.41, 5.74) is 3.26. The molecule has 82 valence electrons. The molecule has 15 heavy (non-hydrogen) atoms.